The van der Waals surface area contributed by atoms with Crippen LogP contribution in [0.15, 0.2) is 60.7 Å². The Morgan fingerprint density at radius 1 is 0.963 bits per heavy atom. The van der Waals surface area contributed by atoms with Gasteiger partial charge in [0.2, 0.25) is 5.91 Å². The van der Waals surface area contributed by atoms with Crippen LogP contribution in [0, 0.1) is 6.92 Å². The molecule has 27 heavy (non-hydrogen) atoms. The molecule has 0 radical (unpaired) electrons. The molecule has 1 fully saturated rings. The lowest BCUT2D eigenvalue weighted by atomic mass is 10.1. The lowest BCUT2D eigenvalue weighted by molar-refractivity contribution is -0.121. The van der Waals surface area contributed by atoms with Gasteiger partial charge in [0, 0.05) is 5.69 Å². The van der Waals surface area contributed by atoms with Crippen molar-refractivity contribution < 1.29 is 14.3 Å². The molecule has 1 aliphatic heterocycles. The number of hydrogen-bond acceptors (Lipinski definition) is 4. The Balaban J connectivity index is 1.56. The van der Waals surface area contributed by atoms with Crippen LogP contribution in [-0.4, -0.2) is 25.0 Å². The summed E-state index contributed by atoms with van der Waals surface area (Å²) in [5.74, 6) is 0.388. The number of carbonyl (C=O) groups is 2. The first kappa shape index (κ1) is 17.1. The van der Waals surface area contributed by atoms with Crippen LogP contribution >= 0.6 is 0 Å². The summed E-state index contributed by atoms with van der Waals surface area (Å²) in [4.78, 5) is 26.5. The molecular formula is C22H20N2O3. The predicted molar refractivity (Wildman–Crippen MR) is 106 cm³/mol. The molecule has 5 nitrogen and oxygen atoms in total. The monoisotopic (exact) mass is 360 g/mol. The molecule has 0 saturated carbocycles. The lowest BCUT2D eigenvalue weighted by Crippen LogP contribution is -2.34. The summed E-state index contributed by atoms with van der Waals surface area (Å²) in [6, 6.07) is 18.5. The molecule has 1 atom stereocenters. The van der Waals surface area contributed by atoms with Crippen LogP contribution in [0.1, 0.15) is 12.0 Å². The van der Waals surface area contributed by atoms with E-state index in [4.69, 9.17) is 4.74 Å². The van der Waals surface area contributed by atoms with Crippen molar-refractivity contribution in [2.24, 2.45) is 0 Å². The van der Waals surface area contributed by atoms with Crippen molar-refractivity contribution in [1.29, 1.82) is 0 Å². The van der Waals surface area contributed by atoms with Crippen LogP contribution < -0.4 is 15.0 Å². The number of nitrogens with zero attached hydrogens (tertiary/aromatic N) is 1. The second-order valence-electron chi connectivity index (χ2n) is 6.73. The summed E-state index contributed by atoms with van der Waals surface area (Å²) in [6.45, 7) is 1.97. The molecular weight excluding hydrogens is 340 g/mol. The number of ether oxygens (including phenoxy) is 1. The number of anilines is 2. The number of nitrogens with one attached hydrogen (secondary N) is 1. The predicted octanol–water partition coefficient (Wildman–Crippen LogP) is 3.90. The van der Waals surface area contributed by atoms with E-state index >= 15 is 0 Å². The molecule has 2 amide bonds. The SMILES string of the molecule is COc1ccc2cc(NC3CC(=O)N(c4ccc(C)cc4)C3=O)ccc2c1. The van der Waals surface area contributed by atoms with Gasteiger partial charge in [-0.3, -0.25) is 9.59 Å². The largest absolute Gasteiger partial charge is 0.497 e. The molecule has 0 aliphatic carbocycles. The van der Waals surface area contributed by atoms with Crippen LogP contribution in [0.25, 0.3) is 10.8 Å². The zero-order valence-electron chi connectivity index (χ0n) is 15.2. The van der Waals surface area contributed by atoms with E-state index < -0.39 is 6.04 Å². The number of fused-ring (bicyclic) bond motifs is 1. The first-order valence-electron chi connectivity index (χ1n) is 8.83. The standard InChI is InChI=1S/C22H20N2O3/c1-14-3-8-18(9-4-14)24-21(25)13-20(22(24)26)23-17-7-5-16-12-19(27-2)10-6-15(16)11-17/h3-12,20,23H,13H2,1-2H3. The molecule has 1 saturated heterocycles. The van der Waals surface area contributed by atoms with Gasteiger partial charge in [0.15, 0.2) is 0 Å². The summed E-state index contributed by atoms with van der Waals surface area (Å²) in [5, 5.41) is 5.30. The van der Waals surface area contributed by atoms with Gasteiger partial charge >= 0.3 is 0 Å². The van der Waals surface area contributed by atoms with E-state index in [1.807, 2.05) is 55.5 Å². The highest BCUT2D eigenvalue weighted by Gasteiger charge is 2.39. The average molecular weight is 360 g/mol. The van der Waals surface area contributed by atoms with Crippen LogP contribution in [-0.2, 0) is 9.59 Å². The van der Waals surface area contributed by atoms with Crippen molar-refractivity contribution in [2.75, 3.05) is 17.3 Å². The average Bonchev–Trinajstić information content (AvgIpc) is 2.95. The summed E-state index contributed by atoms with van der Waals surface area (Å²) < 4.78 is 5.24. The molecule has 3 aromatic rings. The topological polar surface area (TPSA) is 58.6 Å². The maximum absolute atomic E-state index is 12.8. The zero-order chi connectivity index (χ0) is 19.0. The molecule has 4 rings (SSSR count). The van der Waals surface area contributed by atoms with Gasteiger partial charge < -0.3 is 10.1 Å². The van der Waals surface area contributed by atoms with Crippen LogP contribution in [0.2, 0.25) is 0 Å². The Hall–Kier alpha value is -3.34. The first-order chi connectivity index (χ1) is 13.0. The molecule has 1 heterocycles. The number of imide groups is 1. The summed E-state index contributed by atoms with van der Waals surface area (Å²) in [7, 11) is 1.64. The number of benzene rings is 3. The quantitative estimate of drug-likeness (QED) is 0.717. The van der Waals surface area contributed by atoms with Gasteiger partial charge in [-0.1, -0.05) is 29.8 Å². The van der Waals surface area contributed by atoms with Crippen molar-refractivity contribution in [2.45, 2.75) is 19.4 Å². The van der Waals surface area contributed by atoms with E-state index in [0.29, 0.717) is 5.69 Å². The van der Waals surface area contributed by atoms with Gasteiger partial charge in [-0.05, 0) is 54.1 Å². The second kappa shape index (κ2) is 6.76. The number of hydrogen-bond donors (Lipinski definition) is 1. The first-order valence-corrected chi connectivity index (χ1v) is 8.83. The van der Waals surface area contributed by atoms with Crippen molar-refractivity contribution in [3.63, 3.8) is 0 Å². The maximum Gasteiger partial charge on any atom is 0.256 e. The molecule has 1 N–H and O–H groups in total. The number of rotatable bonds is 4. The Morgan fingerprint density at radius 3 is 2.41 bits per heavy atom. The van der Waals surface area contributed by atoms with Gasteiger partial charge in [-0.25, -0.2) is 4.90 Å². The minimum absolute atomic E-state index is 0.146. The highest BCUT2D eigenvalue weighted by molar-refractivity contribution is 6.23. The van der Waals surface area contributed by atoms with Crippen LogP contribution in [0.3, 0.4) is 0 Å². The number of carbonyl (C=O) groups excluding carboxylic acids is 2. The maximum atomic E-state index is 12.8. The zero-order valence-corrected chi connectivity index (χ0v) is 15.2. The fourth-order valence-corrected chi connectivity index (χ4v) is 3.35. The minimum atomic E-state index is -0.561. The molecule has 3 aromatic carbocycles. The fraction of sp³-hybridized carbons (Fsp3) is 0.182. The molecule has 5 heteroatoms. The third-order valence-electron chi connectivity index (χ3n) is 4.83. The van der Waals surface area contributed by atoms with Gasteiger partial charge in [-0.15, -0.1) is 0 Å². The molecule has 136 valence electrons. The summed E-state index contributed by atoms with van der Waals surface area (Å²) in [5.41, 5.74) is 2.51. The van der Waals surface area contributed by atoms with E-state index in [1.165, 1.54) is 4.90 Å². The van der Waals surface area contributed by atoms with E-state index in [2.05, 4.69) is 5.32 Å². The van der Waals surface area contributed by atoms with Crippen LogP contribution in [0.4, 0.5) is 11.4 Å². The lowest BCUT2D eigenvalue weighted by Gasteiger charge is -2.16. The van der Waals surface area contributed by atoms with Crippen molar-refractivity contribution in [3.8, 4) is 5.75 Å². The highest BCUT2D eigenvalue weighted by atomic mass is 16.5. The molecule has 0 aromatic heterocycles. The van der Waals surface area contributed by atoms with E-state index in [-0.39, 0.29) is 18.2 Å². The van der Waals surface area contributed by atoms with Gasteiger partial charge in [-0.2, -0.15) is 0 Å². The van der Waals surface area contributed by atoms with Gasteiger partial charge in [0.05, 0.1) is 19.2 Å². The van der Waals surface area contributed by atoms with E-state index in [0.717, 1.165) is 27.8 Å². The Bertz CT molecular complexity index is 1030. The Morgan fingerprint density at radius 2 is 1.67 bits per heavy atom. The van der Waals surface area contributed by atoms with E-state index in [1.54, 1.807) is 19.2 Å². The van der Waals surface area contributed by atoms with Crippen LogP contribution in [0.5, 0.6) is 5.75 Å². The normalized spacial score (nSPS) is 16.8. The highest BCUT2D eigenvalue weighted by Crippen LogP contribution is 2.27. The van der Waals surface area contributed by atoms with Crippen molar-refractivity contribution in [1.82, 2.24) is 0 Å². The smallest absolute Gasteiger partial charge is 0.256 e. The van der Waals surface area contributed by atoms with Crippen molar-refractivity contribution in [3.05, 3.63) is 66.2 Å². The molecule has 1 unspecified atom stereocenters. The third-order valence-corrected chi connectivity index (χ3v) is 4.83. The number of methoxy groups -OCH3 is 1. The third kappa shape index (κ3) is 3.24. The Labute approximate surface area is 157 Å². The second-order valence-corrected chi connectivity index (χ2v) is 6.73. The Kier molecular flexibility index (Phi) is 4.28. The fourth-order valence-electron chi connectivity index (χ4n) is 3.35. The summed E-state index contributed by atoms with van der Waals surface area (Å²) >= 11 is 0. The van der Waals surface area contributed by atoms with Crippen molar-refractivity contribution >= 4 is 34.0 Å². The molecule has 0 spiro atoms. The molecule has 1 aliphatic rings. The van der Waals surface area contributed by atoms with Gasteiger partial charge in [0.1, 0.15) is 11.8 Å². The van der Waals surface area contributed by atoms with Gasteiger partial charge in [0.25, 0.3) is 5.91 Å². The minimum Gasteiger partial charge on any atom is -0.497 e. The molecule has 0 bridgehead atoms. The van der Waals surface area contributed by atoms with E-state index in [9.17, 15) is 9.59 Å². The number of aryl methyl sites for hydroxylation is 1. The number of amides is 2. The summed E-state index contributed by atoms with van der Waals surface area (Å²) in [6.07, 6.45) is 0.146.